The molecule has 7 nitrogen and oxygen atoms in total. The van der Waals surface area contributed by atoms with Gasteiger partial charge in [-0.25, -0.2) is 4.79 Å². The van der Waals surface area contributed by atoms with Gasteiger partial charge in [0.15, 0.2) is 0 Å². The molecule has 0 saturated carbocycles. The standard InChI is InChI=1S/C15H20N2O5S/c1-21-15(20)14-11(5-9-23-14)16-12(18)4-2-3-6-17-7-8-22-10-13(17)19/h5,9H,2-4,6-8,10H2,1H3,(H,16,18). The molecule has 1 aromatic rings. The minimum atomic E-state index is -0.457. The van der Waals surface area contributed by atoms with Gasteiger partial charge in [-0.05, 0) is 24.3 Å². The summed E-state index contributed by atoms with van der Waals surface area (Å²) in [6, 6.07) is 1.68. The van der Waals surface area contributed by atoms with Gasteiger partial charge in [0, 0.05) is 19.5 Å². The Bertz CT molecular complexity index is 572. The molecule has 1 saturated heterocycles. The predicted molar refractivity (Wildman–Crippen MR) is 85.5 cm³/mol. The van der Waals surface area contributed by atoms with Gasteiger partial charge in [0.05, 0.1) is 19.4 Å². The number of nitrogens with zero attached hydrogens (tertiary/aromatic N) is 1. The highest BCUT2D eigenvalue weighted by molar-refractivity contribution is 7.12. The second-order valence-electron chi connectivity index (χ2n) is 5.09. The number of nitrogens with one attached hydrogen (secondary N) is 1. The summed E-state index contributed by atoms with van der Waals surface area (Å²) in [7, 11) is 1.31. The van der Waals surface area contributed by atoms with Crippen LogP contribution in [0.5, 0.6) is 0 Å². The summed E-state index contributed by atoms with van der Waals surface area (Å²) in [6.45, 7) is 1.97. The highest BCUT2D eigenvalue weighted by atomic mass is 32.1. The van der Waals surface area contributed by atoms with Crippen LogP contribution in [0.2, 0.25) is 0 Å². The lowest BCUT2D eigenvalue weighted by Crippen LogP contribution is -2.42. The zero-order chi connectivity index (χ0) is 16.7. The molecular weight excluding hydrogens is 320 g/mol. The third-order valence-electron chi connectivity index (χ3n) is 3.48. The molecule has 1 fully saturated rings. The molecule has 126 valence electrons. The van der Waals surface area contributed by atoms with Gasteiger partial charge < -0.3 is 19.7 Å². The topological polar surface area (TPSA) is 84.9 Å². The van der Waals surface area contributed by atoms with Gasteiger partial charge in [-0.3, -0.25) is 9.59 Å². The van der Waals surface area contributed by atoms with E-state index in [0.717, 1.165) is 6.42 Å². The van der Waals surface area contributed by atoms with Crippen molar-refractivity contribution in [3.63, 3.8) is 0 Å². The van der Waals surface area contributed by atoms with Gasteiger partial charge in [-0.15, -0.1) is 11.3 Å². The quantitative estimate of drug-likeness (QED) is 0.601. The number of methoxy groups -OCH3 is 1. The monoisotopic (exact) mass is 340 g/mol. The molecule has 2 heterocycles. The highest BCUT2D eigenvalue weighted by Gasteiger charge is 2.18. The molecule has 0 aromatic carbocycles. The molecule has 0 atom stereocenters. The van der Waals surface area contributed by atoms with Gasteiger partial charge in [-0.1, -0.05) is 0 Å². The fraction of sp³-hybridized carbons (Fsp3) is 0.533. The summed E-state index contributed by atoms with van der Waals surface area (Å²) in [4.78, 5) is 37.2. The van der Waals surface area contributed by atoms with Gasteiger partial charge in [-0.2, -0.15) is 0 Å². The Morgan fingerprint density at radius 2 is 2.26 bits per heavy atom. The molecule has 2 amide bonds. The summed E-state index contributed by atoms with van der Waals surface area (Å²) in [5, 5.41) is 4.45. The average molecular weight is 340 g/mol. The molecule has 0 aliphatic carbocycles. The number of carbonyl (C=O) groups excluding carboxylic acids is 3. The van der Waals surface area contributed by atoms with E-state index in [1.54, 1.807) is 16.3 Å². The van der Waals surface area contributed by atoms with Crippen LogP contribution in [0.15, 0.2) is 11.4 Å². The van der Waals surface area contributed by atoms with E-state index in [9.17, 15) is 14.4 Å². The van der Waals surface area contributed by atoms with E-state index in [0.29, 0.717) is 43.1 Å². The molecule has 23 heavy (non-hydrogen) atoms. The van der Waals surface area contributed by atoms with E-state index < -0.39 is 5.97 Å². The van der Waals surface area contributed by atoms with E-state index >= 15 is 0 Å². The van der Waals surface area contributed by atoms with Gasteiger partial charge >= 0.3 is 5.97 Å². The number of thiophene rings is 1. The SMILES string of the molecule is COC(=O)c1sccc1NC(=O)CCCCN1CCOCC1=O. The second kappa shape index (κ2) is 8.64. The maximum absolute atomic E-state index is 11.9. The maximum atomic E-state index is 11.9. The van der Waals surface area contributed by atoms with Crippen LogP contribution in [-0.4, -0.2) is 56.1 Å². The number of amides is 2. The highest BCUT2D eigenvalue weighted by Crippen LogP contribution is 2.23. The third kappa shape index (κ3) is 5.04. The zero-order valence-electron chi connectivity index (χ0n) is 13.0. The number of unbranched alkanes of at least 4 members (excludes halogenated alkanes) is 1. The first-order valence-electron chi connectivity index (χ1n) is 7.43. The number of ether oxygens (including phenoxy) is 2. The van der Waals surface area contributed by atoms with Crippen molar-refractivity contribution in [2.75, 3.05) is 38.7 Å². The molecule has 2 rings (SSSR count). The van der Waals surface area contributed by atoms with Crippen molar-refractivity contribution in [3.8, 4) is 0 Å². The molecule has 0 spiro atoms. The molecule has 1 N–H and O–H groups in total. The van der Waals surface area contributed by atoms with Crippen LogP contribution in [-0.2, 0) is 19.1 Å². The summed E-state index contributed by atoms with van der Waals surface area (Å²) in [5.41, 5.74) is 0.482. The summed E-state index contributed by atoms with van der Waals surface area (Å²) < 4.78 is 9.73. The van der Waals surface area contributed by atoms with Crippen LogP contribution in [0.1, 0.15) is 28.9 Å². The number of rotatable bonds is 7. The zero-order valence-corrected chi connectivity index (χ0v) is 13.8. The lowest BCUT2D eigenvalue weighted by atomic mass is 10.2. The first kappa shape index (κ1) is 17.4. The fourth-order valence-corrected chi connectivity index (χ4v) is 3.01. The van der Waals surface area contributed by atoms with Crippen molar-refractivity contribution in [1.29, 1.82) is 0 Å². The van der Waals surface area contributed by atoms with Crippen molar-refractivity contribution < 1.29 is 23.9 Å². The van der Waals surface area contributed by atoms with Crippen LogP contribution in [0.4, 0.5) is 5.69 Å². The summed E-state index contributed by atoms with van der Waals surface area (Å²) in [5.74, 6) is -0.607. The van der Waals surface area contributed by atoms with Gasteiger partial charge in [0.1, 0.15) is 11.5 Å². The largest absolute Gasteiger partial charge is 0.465 e. The summed E-state index contributed by atoms with van der Waals surface area (Å²) in [6.07, 6.45) is 1.77. The van der Waals surface area contributed by atoms with Crippen LogP contribution in [0.3, 0.4) is 0 Å². The Morgan fingerprint density at radius 1 is 1.43 bits per heavy atom. The van der Waals surface area contributed by atoms with Crippen LogP contribution in [0.25, 0.3) is 0 Å². The van der Waals surface area contributed by atoms with Gasteiger partial charge in [0.2, 0.25) is 11.8 Å². The molecule has 1 aromatic heterocycles. The number of morpholine rings is 1. The maximum Gasteiger partial charge on any atom is 0.350 e. The van der Waals surface area contributed by atoms with Crippen LogP contribution < -0.4 is 5.32 Å². The van der Waals surface area contributed by atoms with E-state index in [1.807, 2.05) is 0 Å². The first-order chi connectivity index (χ1) is 11.1. The molecule has 1 aliphatic rings. The number of esters is 1. The van der Waals surface area contributed by atoms with Crippen molar-refractivity contribution in [1.82, 2.24) is 4.90 Å². The average Bonchev–Trinajstić information content (AvgIpc) is 3.00. The molecule has 0 unspecified atom stereocenters. The number of carbonyl (C=O) groups is 3. The first-order valence-corrected chi connectivity index (χ1v) is 8.31. The van der Waals surface area contributed by atoms with Crippen molar-refractivity contribution in [3.05, 3.63) is 16.3 Å². The molecular formula is C15H20N2O5S. The van der Waals surface area contributed by atoms with E-state index in [-0.39, 0.29) is 18.4 Å². The Kier molecular flexibility index (Phi) is 6.54. The third-order valence-corrected chi connectivity index (χ3v) is 4.37. The van der Waals surface area contributed by atoms with Gasteiger partial charge in [0.25, 0.3) is 0 Å². The Hall–Kier alpha value is -1.93. The fourth-order valence-electron chi connectivity index (χ4n) is 2.25. The second-order valence-corrected chi connectivity index (χ2v) is 6.01. The lowest BCUT2D eigenvalue weighted by Gasteiger charge is -2.26. The smallest absolute Gasteiger partial charge is 0.350 e. The molecule has 0 radical (unpaired) electrons. The van der Waals surface area contributed by atoms with E-state index in [1.165, 1.54) is 18.4 Å². The number of hydrogen-bond donors (Lipinski definition) is 1. The minimum Gasteiger partial charge on any atom is -0.465 e. The van der Waals surface area contributed by atoms with Crippen molar-refractivity contribution >= 4 is 34.8 Å². The predicted octanol–water partition coefficient (Wildman–Crippen LogP) is 1.50. The molecule has 0 bridgehead atoms. The van der Waals surface area contributed by atoms with Crippen LogP contribution in [0, 0.1) is 0 Å². The normalized spacial score (nSPS) is 14.7. The van der Waals surface area contributed by atoms with Crippen molar-refractivity contribution in [2.45, 2.75) is 19.3 Å². The number of hydrogen-bond acceptors (Lipinski definition) is 6. The summed E-state index contributed by atoms with van der Waals surface area (Å²) >= 11 is 1.23. The Morgan fingerprint density at radius 3 is 3.00 bits per heavy atom. The lowest BCUT2D eigenvalue weighted by molar-refractivity contribution is -0.142. The number of anilines is 1. The Balaban J connectivity index is 1.70. The van der Waals surface area contributed by atoms with Crippen molar-refractivity contribution in [2.24, 2.45) is 0 Å². The molecule has 1 aliphatic heterocycles. The minimum absolute atomic E-state index is 0.00157. The van der Waals surface area contributed by atoms with E-state index in [2.05, 4.69) is 10.1 Å². The Labute approximate surface area is 138 Å². The van der Waals surface area contributed by atoms with Crippen LogP contribution >= 0.6 is 11.3 Å². The van der Waals surface area contributed by atoms with E-state index in [4.69, 9.17) is 4.74 Å². The molecule has 8 heteroatoms.